The number of aromatic nitrogens is 3. The first-order chi connectivity index (χ1) is 15.0. The van der Waals surface area contributed by atoms with Crippen LogP contribution in [0.4, 0.5) is 4.39 Å². The minimum Gasteiger partial charge on any atom is -0.381 e. The average molecular weight is 442 g/mol. The predicted molar refractivity (Wildman–Crippen MR) is 115 cm³/mol. The standard InChI is InChI=1S/C23H21ClFN3O3/c24-22-6-5-18(26-27-22)11-21(29)20-14-28(12-15-7-9-31-10-8-15)13-19(23(20)30)16-1-3-17(25)4-2-16/h1-6,13-15H,7-12H2. The summed E-state index contributed by atoms with van der Waals surface area (Å²) in [5.41, 5.74) is 1.04. The molecule has 0 radical (unpaired) electrons. The van der Waals surface area contributed by atoms with Crippen LogP contribution >= 0.6 is 11.6 Å². The topological polar surface area (TPSA) is 74.1 Å². The number of benzene rings is 1. The van der Waals surface area contributed by atoms with Crippen LogP contribution in [0.5, 0.6) is 0 Å². The van der Waals surface area contributed by atoms with Crippen LogP contribution in [0.1, 0.15) is 28.9 Å². The fourth-order valence-corrected chi connectivity index (χ4v) is 3.80. The summed E-state index contributed by atoms with van der Waals surface area (Å²) in [4.78, 5) is 26.2. The molecule has 1 aliphatic rings. The van der Waals surface area contributed by atoms with E-state index in [-0.39, 0.29) is 34.2 Å². The molecule has 0 unspecified atom stereocenters. The number of hydrogen-bond donors (Lipinski definition) is 0. The molecule has 31 heavy (non-hydrogen) atoms. The van der Waals surface area contributed by atoms with Gasteiger partial charge in [0.05, 0.1) is 17.7 Å². The van der Waals surface area contributed by atoms with Crippen molar-refractivity contribution in [2.45, 2.75) is 25.8 Å². The number of nitrogens with zero attached hydrogens (tertiary/aromatic N) is 3. The fourth-order valence-electron chi connectivity index (χ4n) is 3.70. The van der Waals surface area contributed by atoms with Crippen molar-refractivity contribution < 1.29 is 13.9 Å². The van der Waals surface area contributed by atoms with Crippen molar-refractivity contribution in [2.75, 3.05) is 13.2 Å². The van der Waals surface area contributed by atoms with E-state index in [1.807, 2.05) is 4.57 Å². The molecule has 0 N–H and O–H groups in total. The van der Waals surface area contributed by atoms with Gasteiger partial charge >= 0.3 is 0 Å². The Kier molecular flexibility index (Phi) is 6.53. The number of hydrogen-bond acceptors (Lipinski definition) is 5. The lowest BCUT2D eigenvalue weighted by molar-refractivity contribution is 0.0612. The zero-order valence-corrected chi connectivity index (χ0v) is 17.5. The molecule has 3 aromatic rings. The SMILES string of the molecule is O=C(Cc1ccc(Cl)nn1)c1cn(CC2CCOCC2)cc(-c2ccc(F)cc2)c1=O. The van der Waals surface area contributed by atoms with Gasteiger partial charge in [0.2, 0.25) is 0 Å². The van der Waals surface area contributed by atoms with Crippen LogP contribution in [-0.4, -0.2) is 33.8 Å². The van der Waals surface area contributed by atoms with Gasteiger partial charge in [-0.3, -0.25) is 9.59 Å². The highest BCUT2D eigenvalue weighted by Gasteiger charge is 2.20. The third-order valence-corrected chi connectivity index (χ3v) is 5.58. The van der Waals surface area contributed by atoms with Gasteiger partial charge in [0.25, 0.3) is 0 Å². The number of ether oxygens (including phenoxy) is 1. The summed E-state index contributed by atoms with van der Waals surface area (Å²) in [6.07, 6.45) is 5.12. The molecule has 1 fully saturated rings. The Balaban J connectivity index is 1.71. The minimum absolute atomic E-state index is 0.0659. The average Bonchev–Trinajstić information content (AvgIpc) is 2.78. The highest BCUT2D eigenvalue weighted by atomic mass is 35.5. The monoisotopic (exact) mass is 441 g/mol. The number of ketones is 1. The number of halogens is 2. The van der Waals surface area contributed by atoms with Crippen molar-refractivity contribution in [2.24, 2.45) is 5.92 Å². The molecule has 1 aromatic carbocycles. The Morgan fingerprint density at radius 2 is 1.84 bits per heavy atom. The lowest BCUT2D eigenvalue weighted by Crippen LogP contribution is -2.25. The molecule has 0 amide bonds. The third kappa shape index (κ3) is 5.24. The summed E-state index contributed by atoms with van der Waals surface area (Å²) in [6.45, 7) is 2.08. The Morgan fingerprint density at radius 3 is 2.52 bits per heavy atom. The maximum absolute atomic E-state index is 13.4. The first kappa shape index (κ1) is 21.3. The van der Waals surface area contributed by atoms with E-state index in [2.05, 4.69) is 10.2 Å². The van der Waals surface area contributed by atoms with Gasteiger partial charge in [-0.15, -0.1) is 5.10 Å². The van der Waals surface area contributed by atoms with Crippen molar-refractivity contribution in [3.8, 4) is 11.1 Å². The number of carbonyl (C=O) groups excluding carboxylic acids is 1. The molecule has 0 saturated carbocycles. The molecule has 1 aliphatic heterocycles. The second-order valence-electron chi connectivity index (χ2n) is 7.62. The third-order valence-electron chi connectivity index (χ3n) is 5.37. The molecule has 160 valence electrons. The van der Waals surface area contributed by atoms with Crippen molar-refractivity contribution in [3.63, 3.8) is 0 Å². The smallest absolute Gasteiger partial charge is 0.200 e. The predicted octanol–water partition coefficient (Wildman–Crippen LogP) is 3.95. The van der Waals surface area contributed by atoms with Gasteiger partial charge in [-0.2, -0.15) is 5.10 Å². The lowest BCUT2D eigenvalue weighted by Gasteiger charge is -2.23. The van der Waals surface area contributed by atoms with Gasteiger partial charge in [0.1, 0.15) is 5.82 Å². The lowest BCUT2D eigenvalue weighted by atomic mass is 9.98. The molecular formula is C23H21ClFN3O3. The first-order valence-corrected chi connectivity index (χ1v) is 10.5. The normalized spacial score (nSPS) is 14.5. The largest absolute Gasteiger partial charge is 0.381 e. The number of rotatable bonds is 6. The van der Waals surface area contributed by atoms with Gasteiger partial charge in [-0.05, 0) is 48.6 Å². The van der Waals surface area contributed by atoms with E-state index in [0.717, 1.165) is 12.8 Å². The summed E-state index contributed by atoms with van der Waals surface area (Å²) in [5.74, 6) is -0.353. The zero-order chi connectivity index (χ0) is 21.8. The second kappa shape index (κ2) is 9.49. The maximum atomic E-state index is 13.4. The van der Waals surface area contributed by atoms with Gasteiger partial charge in [0.15, 0.2) is 16.4 Å². The molecule has 0 bridgehead atoms. The van der Waals surface area contributed by atoms with Crippen LogP contribution in [0.3, 0.4) is 0 Å². The molecule has 1 saturated heterocycles. The summed E-state index contributed by atoms with van der Waals surface area (Å²) in [5, 5.41) is 7.89. The quantitative estimate of drug-likeness (QED) is 0.541. The molecule has 3 heterocycles. The van der Waals surface area contributed by atoms with Crippen LogP contribution in [-0.2, 0) is 17.7 Å². The van der Waals surface area contributed by atoms with E-state index in [1.165, 1.54) is 12.1 Å². The number of carbonyl (C=O) groups is 1. The number of Topliss-reactive ketones (excluding diaryl/α,β-unsaturated/α-hetero) is 1. The maximum Gasteiger partial charge on any atom is 0.200 e. The zero-order valence-electron chi connectivity index (χ0n) is 16.8. The van der Waals surface area contributed by atoms with Crippen molar-refractivity contribution in [1.29, 1.82) is 0 Å². The van der Waals surface area contributed by atoms with Crippen LogP contribution < -0.4 is 5.43 Å². The Hall–Kier alpha value is -2.90. The fraction of sp³-hybridized carbons (Fsp3) is 0.304. The van der Waals surface area contributed by atoms with E-state index in [1.54, 1.807) is 36.7 Å². The van der Waals surface area contributed by atoms with Crippen LogP contribution in [0, 0.1) is 11.7 Å². The van der Waals surface area contributed by atoms with Gasteiger partial charge in [-0.25, -0.2) is 4.39 Å². The second-order valence-corrected chi connectivity index (χ2v) is 8.01. The van der Waals surface area contributed by atoms with E-state index < -0.39 is 0 Å². The van der Waals surface area contributed by atoms with Gasteiger partial charge in [0, 0.05) is 37.7 Å². The van der Waals surface area contributed by atoms with Gasteiger partial charge < -0.3 is 9.30 Å². The van der Waals surface area contributed by atoms with E-state index in [4.69, 9.17) is 16.3 Å². The first-order valence-electron chi connectivity index (χ1n) is 10.1. The van der Waals surface area contributed by atoms with Gasteiger partial charge in [-0.1, -0.05) is 23.7 Å². The summed E-state index contributed by atoms with van der Waals surface area (Å²) in [7, 11) is 0. The highest BCUT2D eigenvalue weighted by Crippen LogP contribution is 2.21. The number of pyridine rings is 1. The highest BCUT2D eigenvalue weighted by molar-refractivity contribution is 6.29. The molecule has 8 heteroatoms. The molecule has 0 spiro atoms. The summed E-state index contributed by atoms with van der Waals surface area (Å²) in [6, 6.07) is 8.85. The van der Waals surface area contributed by atoms with Crippen molar-refractivity contribution in [3.05, 3.63) is 81.2 Å². The van der Waals surface area contributed by atoms with E-state index >= 15 is 0 Å². The molecule has 0 aliphatic carbocycles. The Bertz CT molecular complexity index is 1120. The van der Waals surface area contributed by atoms with Crippen molar-refractivity contribution >= 4 is 17.4 Å². The minimum atomic E-state index is -0.389. The molecule has 0 atom stereocenters. The summed E-state index contributed by atoms with van der Waals surface area (Å²) >= 11 is 5.76. The molecular weight excluding hydrogens is 421 g/mol. The molecule has 4 rings (SSSR count). The van der Waals surface area contributed by atoms with Crippen molar-refractivity contribution in [1.82, 2.24) is 14.8 Å². The van der Waals surface area contributed by atoms with Crippen LogP contribution in [0.15, 0.2) is 53.6 Å². The van der Waals surface area contributed by atoms with Crippen LogP contribution in [0.25, 0.3) is 11.1 Å². The van der Waals surface area contributed by atoms with Crippen LogP contribution in [0.2, 0.25) is 5.15 Å². The molecule has 2 aromatic heterocycles. The molecule has 6 nitrogen and oxygen atoms in total. The Labute approximate surface area is 183 Å². The summed E-state index contributed by atoms with van der Waals surface area (Å²) < 4.78 is 20.7. The Morgan fingerprint density at radius 1 is 1.10 bits per heavy atom. The van der Waals surface area contributed by atoms with E-state index in [0.29, 0.717) is 42.5 Å². The van der Waals surface area contributed by atoms with E-state index in [9.17, 15) is 14.0 Å².